The number of nitrogens with two attached hydrogens (primary N) is 2. The summed E-state index contributed by atoms with van der Waals surface area (Å²) in [6.45, 7) is 44.6. The Hall–Kier alpha value is -13.1. The molecule has 4 amide bonds. The van der Waals surface area contributed by atoms with Crippen molar-refractivity contribution in [1.29, 1.82) is 0 Å². The Bertz CT molecular complexity index is 6000. The molecule has 0 fully saturated rings. The Labute approximate surface area is 819 Å². The topological polar surface area (TPSA) is 471 Å². The lowest BCUT2D eigenvalue weighted by atomic mass is 9.97. The molecule has 32 nitrogen and oxygen atoms in total. The maximum atomic E-state index is 12.7. The fourth-order valence-electron chi connectivity index (χ4n) is 17.4. The molecule has 0 saturated heterocycles. The average molecular weight is 1940 g/mol. The third-order valence-electron chi connectivity index (χ3n) is 23.8. The molecule has 6 aliphatic rings. The lowest BCUT2D eigenvalue weighted by Gasteiger charge is -2.23. The number of halogens is 1. The van der Waals surface area contributed by atoms with Gasteiger partial charge in [-0.15, -0.1) is 12.4 Å². The van der Waals surface area contributed by atoms with Crippen molar-refractivity contribution in [2.45, 2.75) is 313 Å². The summed E-state index contributed by atoms with van der Waals surface area (Å²) in [5, 5.41) is 29.8. The molecule has 0 saturated carbocycles. The Morgan fingerprint density at radius 1 is 0.295 bits per heavy atom. The maximum absolute atomic E-state index is 12.7. The summed E-state index contributed by atoms with van der Waals surface area (Å²) in [5.41, 5.74) is 30.4. The summed E-state index contributed by atoms with van der Waals surface area (Å²) in [5.74, 6) is -5.20. The van der Waals surface area contributed by atoms with Gasteiger partial charge < -0.3 is 80.8 Å². The number of rotatable bonds is 14. The highest BCUT2D eigenvalue weighted by molar-refractivity contribution is 5.98. The standard InChI is InChI=1S/C22H25N3O5.C21H23N3O5.C20H29NO4.C16H21NO4.C15H21NO2.C12H15NO2.ClH/c1-12-13-8-9-16(15(13)7-6-14(12)20(27)30-22(2,3)4)25-19(26)17-10-18(21(28)29-5)24-11-23-17;1-11-12-7-8-15(14(12)6-5-13(11)20(28)29-21(2,3)4)24-18(25)16-9-17(19(26)27)23-10-22-16;1-12-13-10-11-16(21-18(23)25-20(5,6)7)15(13)9-8-14(12)17(22)24-19(2,3)4;1-9-10-7-8-13(17-15(20)21-16(2,3)4)12(10)6-5-11(9)14(18)19;1-9-10-7-8-13(16)12(10)6-5-11(9)14(17)18-15(2,3)4;1-7-8-5-6-11(13)10(8)4-3-9(7)12(14)15-2;/h6-7,10-11,16H,8-9H2,1-5H3,(H,25,26);5-6,9-10,15H,7-8H2,1-4H3,(H,24,25)(H,26,27);8-9,16H,10-11H2,1-7H3,(H,21,23);5-6,13H,7-8H2,1-4H3,(H,17,20)(H,18,19);5-6,13H,7-8,16H2,1-4H3;3-4,11H,5-6,13H2,1-2H3;1H/t16-;15-;16-;2*13-;11-;/m000000./s1. The molecule has 2 aromatic heterocycles. The van der Waals surface area contributed by atoms with Gasteiger partial charge in [-0.1, -0.05) is 36.4 Å². The molecule has 0 aliphatic heterocycles. The molecule has 14 rings (SSSR count). The van der Waals surface area contributed by atoms with Crippen LogP contribution in [0.25, 0.3) is 0 Å². The van der Waals surface area contributed by atoms with Gasteiger partial charge in [0.15, 0.2) is 11.4 Å². The van der Waals surface area contributed by atoms with Crippen molar-refractivity contribution in [2.75, 3.05) is 14.2 Å². The van der Waals surface area contributed by atoms with E-state index in [-0.39, 0.29) is 101 Å². The molecule has 10 N–H and O–H groups in total. The number of carboxylic acids is 2. The SMILES string of the molecule is COC(=O)c1cc(C(=O)N[C@H]2CCc3c2ccc(C(=O)OC(C)(C)C)c3C)ncn1.COC(=O)c1ccc2c(c1C)CC[C@@H]2N.Cc1c(C(=O)O)ccc2c1CC[C@@H]2NC(=O)OC(C)(C)C.Cc1c(C(=O)OC(C)(C)C)ccc2c1CC[C@@H]2N.Cc1c(C(=O)OC(C)(C)C)ccc2c1CC[C@@H]2NC(=O)OC(C)(C)C.Cc1c(C(=O)OC(C)(C)C)ccc2c1CC[C@@H]2NC(=O)c1cc(C(=O)O)ncn1.Cl. The lowest BCUT2D eigenvalue weighted by molar-refractivity contribution is 0.00559. The number of carbonyl (C=O) groups excluding carboxylic acids is 10. The van der Waals surface area contributed by atoms with E-state index in [1.807, 2.05) is 209 Å². The third-order valence-corrected chi connectivity index (χ3v) is 23.8. The number of nitrogens with one attached hydrogen (secondary N) is 4. The lowest BCUT2D eigenvalue weighted by Crippen LogP contribution is -2.34. The van der Waals surface area contributed by atoms with Gasteiger partial charge in [-0.25, -0.2) is 67.9 Å². The normalized spacial score (nSPS) is 16.6. The zero-order valence-corrected chi connectivity index (χ0v) is 85.4. The third kappa shape index (κ3) is 29.5. The number of ether oxygens (including phenoxy) is 8. The van der Waals surface area contributed by atoms with Crippen molar-refractivity contribution in [3.05, 3.63) is 254 Å². The molecule has 8 aromatic rings. The van der Waals surface area contributed by atoms with E-state index in [1.54, 1.807) is 30.3 Å². The number of nitrogens with zero attached hydrogens (tertiary/aromatic N) is 4. The quantitative estimate of drug-likeness (QED) is 0.0370. The highest BCUT2D eigenvalue weighted by Crippen LogP contribution is 2.42. The van der Waals surface area contributed by atoms with E-state index in [4.69, 9.17) is 54.8 Å². The molecule has 139 heavy (non-hydrogen) atoms. The maximum Gasteiger partial charge on any atom is 0.408 e. The van der Waals surface area contributed by atoms with Crippen LogP contribution in [0.1, 0.15) is 404 Å². The van der Waals surface area contributed by atoms with Crippen LogP contribution < -0.4 is 32.7 Å². The van der Waals surface area contributed by atoms with Gasteiger partial charge in [-0.05, 0) is 380 Å². The van der Waals surface area contributed by atoms with E-state index in [0.717, 1.165) is 154 Å². The molecule has 33 heteroatoms. The van der Waals surface area contributed by atoms with Crippen LogP contribution in [-0.2, 0) is 76.4 Å². The highest BCUT2D eigenvalue weighted by atomic mass is 35.5. The summed E-state index contributed by atoms with van der Waals surface area (Å²) >= 11 is 0. The fourth-order valence-corrected chi connectivity index (χ4v) is 17.4. The minimum atomic E-state index is -1.22. The molecule has 6 aliphatic carbocycles. The number of hydrogen-bond acceptors (Lipinski definition) is 26. The average Bonchev–Trinajstić information content (AvgIpc) is 1.66. The van der Waals surface area contributed by atoms with E-state index in [9.17, 15) is 57.5 Å². The number of methoxy groups -OCH3 is 2. The number of carbonyl (C=O) groups is 12. The summed E-state index contributed by atoms with van der Waals surface area (Å²) in [6, 6.07) is 23.9. The van der Waals surface area contributed by atoms with E-state index in [0.29, 0.717) is 52.6 Å². The van der Waals surface area contributed by atoms with Gasteiger partial charge in [0, 0.05) is 24.2 Å². The Balaban J connectivity index is 0.000000207. The zero-order chi connectivity index (χ0) is 103. The van der Waals surface area contributed by atoms with Crippen LogP contribution >= 0.6 is 12.4 Å². The van der Waals surface area contributed by atoms with Gasteiger partial charge >= 0.3 is 59.9 Å². The first kappa shape index (κ1) is 111. The summed E-state index contributed by atoms with van der Waals surface area (Å²) in [4.78, 5) is 159. The second-order valence-corrected chi connectivity index (χ2v) is 40.9. The first-order valence-electron chi connectivity index (χ1n) is 46.2. The number of fused-ring (bicyclic) bond motifs is 6. The van der Waals surface area contributed by atoms with Gasteiger partial charge in [0.05, 0.1) is 71.8 Å². The Morgan fingerprint density at radius 3 is 0.799 bits per heavy atom. The summed E-state index contributed by atoms with van der Waals surface area (Å²) in [6.07, 6.45) is 11.2. The molecule has 0 spiro atoms. The van der Waals surface area contributed by atoms with Crippen LogP contribution in [0.2, 0.25) is 0 Å². The minimum Gasteiger partial charge on any atom is -0.478 e. The smallest absolute Gasteiger partial charge is 0.408 e. The van der Waals surface area contributed by atoms with Crippen LogP contribution in [-0.4, -0.2) is 150 Å². The zero-order valence-electron chi connectivity index (χ0n) is 84.6. The van der Waals surface area contributed by atoms with Gasteiger partial charge in [0.2, 0.25) is 0 Å². The van der Waals surface area contributed by atoms with Crippen LogP contribution in [0.3, 0.4) is 0 Å². The monoisotopic (exact) mass is 1930 g/mol. The second kappa shape index (κ2) is 45.7. The number of esters is 6. The van der Waals surface area contributed by atoms with E-state index < -0.39 is 75.5 Å². The van der Waals surface area contributed by atoms with Crippen molar-refractivity contribution in [2.24, 2.45) is 11.5 Å². The molecule has 2 heterocycles. The van der Waals surface area contributed by atoms with Crippen molar-refractivity contribution < 1.29 is 106 Å². The van der Waals surface area contributed by atoms with Crippen LogP contribution in [0.15, 0.2) is 97.6 Å². The van der Waals surface area contributed by atoms with Crippen molar-refractivity contribution in [3.63, 3.8) is 0 Å². The first-order valence-corrected chi connectivity index (χ1v) is 46.2. The highest BCUT2D eigenvalue weighted by Gasteiger charge is 2.37. The van der Waals surface area contributed by atoms with Crippen molar-refractivity contribution >= 4 is 84.2 Å². The number of carboxylic acid groups (broad SMARTS) is 2. The molecule has 0 bridgehead atoms. The number of benzene rings is 6. The van der Waals surface area contributed by atoms with Crippen molar-refractivity contribution in [3.8, 4) is 0 Å². The molecule has 6 aromatic carbocycles. The van der Waals surface area contributed by atoms with Crippen molar-refractivity contribution in [1.82, 2.24) is 41.2 Å². The molecule has 0 unspecified atom stereocenters. The number of amides is 4. The fraction of sp³-hybridized carbons (Fsp3) is 0.472. The van der Waals surface area contributed by atoms with E-state index in [1.165, 1.54) is 42.5 Å². The number of aromatic carboxylic acids is 2. The molecule has 6 atom stereocenters. The number of hydrogen-bond donors (Lipinski definition) is 8. The first-order chi connectivity index (χ1) is 64.2. The van der Waals surface area contributed by atoms with Crippen LogP contribution in [0.4, 0.5) is 9.59 Å². The largest absolute Gasteiger partial charge is 0.478 e. The van der Waals surface area contributed by atoms with Gasteiger partial charge in [-0.3, -0.25) is 9.59 Å². The summed E-state index contributed by atoms with van der Waals surface area (Å²) in [7, 11) is 2.65. The summed E-state index contributed by atoms with van der Waals surface area (Å²) < 4.78 is 41.8. The van der Waals surface area contributed by atoms with E-state index in [2.05, 4.69) is 45.9 Å². The second-order valence-electron chi connectivity index (χ2n) is 40.9. The number of aromatic nitrogens is 4. The minimum absolute atomic E-state index is 0. The Kier molecular flexibility index (Phi) is 36.6. The number of alkyl carbamates (subject to hydrolysis) is 2. The molecule has 0 radical (unpaired) electrons. The predicted octanol–water partition coefficient (Wildman–Crippen LogP) is 18.5. The Morgan fingerprint density at radius 2 is 0.525 bits per heavy atom. The van der Waals surface area contributed by atoms with Gasteiger partial charge in [0.1, 0.15) is 57.6 Å². The van der Waals surface area contributed by atoms with Crippen LogP contribution in [0, 0.1) is 41.5 Å². The molecule has 748 valence electrons. The molecular formula is C106H135ClN10O22. The molecular weight excluding hydrogens is 1800 g/mol. The predicted molar refractivity (Wildman–Crippen MR) is 524 cm³/mol. The van der Waals surface area contributed by atoms with Gasteiger partial charge in [-0.2, -0.15) is 0 Å². The van der Waals surface area contributed by atoms with Crippen LogP contribution in [0.5, 0.6) is 0 Å². The van der Waals surface area contributed by atoms with Gasteiger partial charge in [0.25, 0.3) is 11.8 Å². The van der Waals surface area contributed by atoms with E-state index >= 15 is 0 Å².